The molecular formula is C27H30ClN3O5S. The Kier molecular flexibility index (Phi) is 9.54. The summed E-state index contributed by atoms with van der Waals surface area (Å²) in [6, 6.07) is 21.9. The molecule has 37 heavy (non-hydrogen) atoms. The van der Waals surface area contributed by atoms with Crippen LogP contribution in [0.5, 0.6) is 5.75 Å². The number of rotatable bonds is 11. The maximum absolute atomic E-state index is 13.9. The number of amides is 2. The summed E-state index contributed by atoms with van der Waals surface area (Å²) in [6.45, 7) is -0.529. The first-order chi connectivity index (χ1) is 17.7. The molecule has 0 aromatic heterocycles. The number of nitrogens with one attached hydrogen (secondary N) is 1. The van der Waals surface area contributed by atoms with Crippen LogP contribution in [0.2, 0.25) is 5.02 Å². The standard InChI is InChI=1S/C27H30ClN3O5S/c1-29-27(33)24(17-20-11-5-4-6-12-20)30(18-21-13-7-8-14-22(21)28)26(32)19-31(37(3,34)35)23-15-9-10-16-25(23)36-2/h4-16,24H,17-19H2,1-3H3,(H,29,33). The van der Waals surface area contributed by atoms with Crippen LogP contribution in [0.25, 0.3) is 0 Å². The van der Waals surface area contributed by atoms with Gasteiger partial charge in [-0.2, -0.15) is 0 Å². The van der Waals surface area contributed by atoms with Crippen LogP contribution >= 0.6 is 11.6 Å². The summed E-state index contributed by atoms with van der Waals surface area (Å²) in [6.07, 6.45) is 1.25. The molecule has 3 aromatic rings. The summed E-state index contributed by atoms with van der Waals surface area (Å²) in [4.78, 5) is 28.4. The monoisotopic (exact) mass is 543 g/mol. The van der Waals surface area contributed by atoms with E-state index < -0.39 is 28.5 Å². The van der Waals surface area contributed by atoms with E-state index >= 15 is 0 Å². The van der Waals surface area contributed by atoms with Gasteiger partial charge in [-0.15, -0.1) is 0 Å². The number of sulfonamides is 1. The summed E-state index contributed by atoms with van der Waals surface area (Å²) in [5, 5.41) is 3.07. The molecule has 0 fully saturated rings. The predicted molar refractivity (Wildman–Crippen MR) is 145 cm³/mol. The first-order valence-electron chi connectivity index (χ1n) is 11.5. The number of carbonyl (C=O) groups is 2. The zero-order valence-electron chi connectivity index (χ0n) is 20.9. The number of nitrogens with zero attached hydrogens (tertiary/aromatic N) is 2. The number of likely N-dealkylation sites (N-methyl/N-ethyl adjacent to an activating group) is 1. The third kappa shape index (κ3) is 7.24. The van der Waals surface area contributed by atoms with E-state index in [0.29, 0.717) is 16.3 Å². The number of hydrogen-bond donors (Lipinski definition) is 1. The number of ether oxygens (including phenoxy) is 1. The molecule has 1 unspecified atom stereocenters. The molecule has 1 atom stereocenters. The number of methoxy groups -OCH3 is 1. The van der Waals surface area contributed by atoms with Crippen molar-refractivity contribution in [1.29, 1.82) is 0 Å². The maximum atomic E-state index is 13.9. The van der Waals surface area contributed by atoms with Crippen molar-refractivity contribution in [1.82, 2.24) is 10.2 Å². The lowest BCUT2D eigenvalue weighted by Gasteiger charge is -2.33. The molecule has 2 amide bonds. The summed E-state index contributed by atoms with van der Waals surface area (Å²) in [5.41, 5.74) is 1.69. The topological polar surface area (TPSA) is 96.0 Å². The molecule has 0 saturated heterocycles. The zero-order valence-corrected chi connectivity index (χ0v) is 22.5. The van der Waals surface area contributed by atoms with E-state index in [1.807, 2.05) is 30.3 Å². The third-order valence-electron chi connectivity index (χ3n) is 5.85. The molecule has 0 radical (unpaired) electrons. The van der Waals surface area contributed by atoms with Crippen LogP contribution in [0, 0.1) is 0 Å². The van der Waals surface area contributed by atoms with Crippen LogP contribution in [0.3, 0.4) is 0 Å². The van der Waals surface area contributed by atoms with E-state index in [0.717, 1.165) is 16.1 Å². The van der Waals surface area contributed by atoms with E-state index in [2.05, 4.69) is 5.32 Å². The molecule has 8 nitrogen and oxygen atoms in total. The number of halogens is 1. The Morgan fingerprint density at radius 2 is 1.59 bits per heavy atom. The molecule has 0 bridgehead atoms. The quantitative estimate of drug-likeness (QED) is 0.399. The first-order valence-corrected chi connectivity index (χ1v) is 13.8. The Morgan fingerprint density at radius 3 is 2.22 bits per heavy atom. The Balaban J connectivity index is 2.06. The minimum atomic E-state index is -3.89. The number of hydrogen-bond acceptors (Lipinski definition) is 5. The Morgan fingerprint density at radius 1 is 0.973 bits per heavy atom. The van der Waals surface area contributed by atoms with Gasteiger partial charge in [-0.1, -0.05) is 72.3 Å². The summed E-state index contributed by atoms with van der Waals surface area (Å²) >= 11 is 6.40. The van der Waals surface area contributed by atoms with Crippen LogP contribution in [-0.4, -0.2) is 58.1 Å². The summed E-state index contributed by atoms with van der Waals surface area (Å²) < 4.78 is 32.0. The van der Waals surface area contributed by atoms with E-state index in [1.54, 1.807) is 48.5 Å². The van der Waals surface area contributed by atoms with Gasteiger partial charge < -0.3 is 15.0 Å². The Bertz CT molecular complexity index is 1330. The summed E-state index contributed by atoms with van der Waals surface area (Å²) in [5.74, 6) is -0.654. The molecular weight excluding hydrogens is 514 g/mol. The van der Waals surface area contributed by atoms with E-state index in [-0.39, 0.29) is 24.6 Å². The highest BCUT2D eigenvalue weighted by Gasteiger charge is 2.33. The van der Waals surface area contributed by atoms with Crippen molar-refractivity contribution in [3.8, 4) is 5.75 Å². The molecule has 0 aliphatic carbocycles. The van der Waals surface area contributed by atoms with Gasteiger partial charge in [-0.05, 0) is 29.3 Å². The second-order valence-corrected chi connectivity index (χ2v) is 10.7. The van der Waals surface area contributed by atoms with Crippen LogP contribution in [0.15, 0.2) is 78.9 Å². The third-order valence-corrected chi connectivity index (χ3v) is 7.34. The molecule has 196 valence electrons. The van der Waals surface area contributed by atoms with Crippen molar-refractivity contribution in [2.24, 2.45) is 0 Å². The fourth-order valence-electron chi connectivity index (χ4n) is 3.96. The van der Waals surface area contributed by atoms with Crippen molar-refractivity contribution in [3.63, 3.8) is 0 Å². The predicted octanol–water partition coefficient (Wildman–Crippen LogP) is 3.50. The van der Waals surface area contributed by atoms with Crippen LogP contribution in [-0.2, 0) is 32.6 Å². The average molecular weight is 544 g/mol. The fraction of sp³-hybridized carbons (Fsp3) is 0.259. The van der Waals surface area contributed by atoms with Gasteiger partial charge in [0.2, 0.25) is 21.8 Å². The number of carbonyl (C=O) groups excluding carboxylic acids is 2. The van der Waals surface area contributed by atoms with Crippen LogP contribution in [0.1, 0.15) is 11.1 Å². The van der Waals surface area contributed by atoms with Crippen LogP contribution < -0.4 is 14.4 Å². The van der Waals surface area contributed by atoms with Crippen LogP contribution in [0.4, 0.5) is 5.69 Å². The van der Waals surface area contributed by atoms with E-state index in [9.17, 15) is 18.0 Å². The Labute approximate surface area is 222 Å². The molecule has 0 heterocycles. The highest BCUT2D eigenvalue weighted by Crippen LogP contribution is 2.30. The van der Waals surface area contributed by atoms with Crippen molar-refractivity contribution < 1.29 is 22.7 Å². The van der Waals surface area contributed by atoms with Gasteiger partial charge in [0.15, 0.2) is 0 Å². The largest absolute Gasteiger partial charge is 0.495 e. The number of anilines is 1. The smallest absolute Gasteiger partial charge is 0.244 e. The van der Waals surface area contributed by atoms with Gasteiger partial charge in [0.1, 0.15) is 18.3 Å². The zero-order chi connectivity index (χ0) is 27.0. The fourth-order valence-corrected chi connectivity index (χ4v) is 5.01. The first kappa shape index (κ1) is 28.0. The van der Waals surface area contributed by atoms with E-state index in [4.69, 9.17) is 16.3 Å². The molecule has 0 aliphatic rings. The second-order valence-electron chi connectivity index (χ2n) is 8.37. The molecule has 1 N–H and O–H groups in total. The number of benzene rings is 3. The van der Waals surface area contributed by atoms with Crippen molar-refractivity contribution >= 4 is 39.1 Å². The van der Waals surface area contributed by atoms with E-state index in [1.165, 1.54) is 19.1 Å². The van der Waals surface area contributed by atoms with Gasteiger partial charge in [0.25, 0.3) is 0 Å². The lowest BCUT2D eigenvalue weighted by atomic mass is 10.0. The highest BCUT2D eigenvalue weighted by atomic mass is 35.5. The van der Waals surface area contributed by atoms with Gasteiger partial charge >= 0.3 is 0 Å². The molecule has 0 aliphatic heterocycles. The summed E-state index contributed by atoms with van der Waals surface area (Å²) in [7, 11) is -0.972. The van der Waals surface area contributed by atoms with Crippen molar-refractivity contribution in [2.45, 2.75) is 19.0 Å². The highest BCUT2D eigenvalue weighted by molar-refractivity contribution is 7.92. The molecule has 0 saturated carbocycles. The maximum Gasteiger partial charge on any atom is 0.244 e. The second kappa shape index (κ2) is 12.6. The molecule has 3 rings (SSSR count). The molecule has 3 aromatic carbocycles. The van der Waals surface area contributed by atoms with Gasteiger partial charge in [-0.3, -0.25) is 13.9 Å². The Hall–Kier alpha value is -3.56. The number of para-hydroxylation sites is 2. The van der Waals surface area contributed by atoms with Crippen molar-refractivity contribution in [2.75, 3.05) is 31.3 Å². The lowest BCUT2D eigenvalue weighted by molar-refractivity contribution is -0.139. The van der Waals surface area contributed by atoms with Crippen molar-refractivity contribution in [3.05, 3.63) is 95.0 Å². The molecule has 10 heteroatoms. The minimum Gasteiger partial charge on any atom is -0.495 e. The average Bonchev–Trinajstić information content (AvgIpc) is 2.89. The van der Waals surface area contributed by atoms with Gasteiger partial charge in [0.05, 0.1) is 19.1 Å². The SMILES string of the molecule is CNC(=O)C(Cc1ccccc1)N(Cc1ccccc1Cl)C(=O)CN(c1ccccc1OC)S(C)(=O)=O. The normalized spacial score (nSPS) is 11.9. The van der Waals surface area contributed by atoms with Gasteiger partial charge in [-0.25, -0.2) is 8.42 Å². The lowest BCUT2D eigenvalue weighted by Crippen LogP contribution is -2.53. The minimum absolute atomic E-state index is 0.00690. The van der Waals surface area contributed by atoms with Gasteiger partial charge in [0, 0.05) is 25.0 Å². The molecule has 0 spiro atoms.